The van der Waals surface area contributed by atoms with Gasteiger partial charge in [-0.15, -0.1) is 0 Å². The van der Waals surface area contributed by atoms with Gasteiger partial charge in [0.2, 0.25) is 0 Å². The minimum absolute atomic E-state index is 0.109. The van der Waals surface area contributed by atoms with Crippen molar-refractivity contribution in [2.45, 2.75) is 45.5 Å². The Bertz CT molecular complexity index is 1180. The second-order valence-electron chi connectivity index (χ2n) is 7.86. The maximum atomic E-state index is 13.5. The summed E-state index contributed by atoms with van der Waals surface area (Å²) in [5.41, 5.74) is -2.45. The average molecular weight is 431 g/mol. The van der Waals surface area contributed by atoms with Gasteiger partial charge in [0, 0.05) is 34.8 Å². The molecule has 0 saturated carbocycles. The highest BCUT2D eigenvalue weighted by Crippen LogP contribution is 2.44. The van der Waals surface area contributed by atoms with Crippen molar-refractivity contribution in [2.24, 2.45) is 0 Å². The molecule has 1 aromatic carbocycles. The molecule has 29 heavy (non-hydrogen) atoms. The highest BCUT2D eigenvalue weighted by Gasteiger charge is 2.38. The quantitative estimate of drug-likeness (QED) is 0.582. The van der Waals surface area contributed by atoms with Gasteiger partial charge in [-0.3, -0.25) is 4.55 Å². The highest BCUT2D eigenvalue weighted by atomic mass is 32.2. The number of rotatable bonds is 3. The van der Waals surface area contributed by atoms with Crippen molar-refractivity contribution in [1.29, 1.82) is 0 Å². The van der Waals surface area contributed by atoms with E-state index in [1.165, 1.54) is 6.07 Å². The molecule has 0 amide bonds. The van der Waals surface area contributed by atoms with Gasteiger partial charge < -0.3 is 9.32 Å². The van der Waals surface area contributed by atoms with Crippen LogP contribution in [0.2, 0.25) is 0 Å². The van der Waals surface area contributed by atoms with E-state index in [1.54, 1.807) is 6.08 Å². The molecule has 1 N–H and O–H groups in total. The molecule has 0 atom stereocenters. The zero-order valence-corrected chi connectivity index (χ0v) is 17.0. The first-order chi connectivity index (χ1) is 13.1. The third-order valence-corrected chi connectivity index (χ3v) is 5.45. The van der Waals surface area contributed by atoms with E-state index in [9.17, 15) is 30.9 Å². The van der Waals surface area contributed by atoms with Crippen molar-refractivity contribution in [3.05, 3.63) is 45.8 Å². The number of fused-ring (bicyclic) bond motifs is 2. The van der Waals surface area contributed by atoms with Crippen LogP contribution in [0, 0.1) is 0 Å². The SMILES string of the molecule is CC(C)N1c2cc3oc(=O)cc(C(F)(F)F)c3cc2C(CS(=O)(=O)O)=CC1(C)C. The topological polar surface area (TPSA) is 87.8 Å². The summed E-state index contributed by atoms with van der Waals surface area (Å²) in [4.78, 5) is 13.6. The number of hydrogen-bond donors (Lipinski definition) is 1. The lowest BCUT2D eigenvalue weighted by Gasteiger charge is -2.46. The van der Waals surface area contributed by atoms with E-state index in [0.29, 0.717) is 11.8 Å². The molecule has 3 rings (SSSR count). The number of alkyl halides is 3. The maximum Gasteiger partial charge on any atom is 0.417 e. The van der Waals surface area contributed by atoms with Crippen LogP contribution in [0.4, 0.5) is 18.9 Å². The van der Waals surface area contributed by atoms with E-state index in [-0.39, 0.29) is 28.1 Å². The number of halogens is 3. The van der Waals surface area contributed by atoms with Gasteiger partial charge in [-0.05, 0) is 39.3 Å². The van der Waals surface area contributed by atoms with Gasteiger partial charge in [0.15, 0.2) is 0 Å². The van der Waals surface area contributed by atoms with E-state index in [0.717, 1.165) is 6.07 Å². The summed E-state index contributed by atoms with van der Waals surface area (Å²) < 4.78 is 77.9. The summed E-state index contributed by atoms with van der Waals surface area (Å²) >= 11 is 0. The Hall–Kier alpha value is -2.33. The van der Waals surface area contributed by atoms with Gasteiger partial charge >= 0.3 is 11.8 Å². The standard InChI is InChI=1S/C19H20F3NO5S/c1-10(2)23-15-7-16-13(14(19(20,21)22)6-17(24)28-16)5-12(15)11(8-18(23,3)4)9-29(25,26)27/h5-8,10H,9H2,1-4H3,(H,25,26,27). The Morgan fingerprint density at radius 1 is 1.21 bits per heavy atom. The molecular formula is C19H20F3NO5S. The lowest BCUT2D eigenvalue weighted by Crippen LogP contribution is -2.49. The molecule has 1 aromatic heterocycles. The van der Waals surface area contributed by atoms with Crippen molar-refractivity contribution in [3.8, 4) is 0 Å². The maximum absolute atomic E-state index is 13.5. The largest absolute Gasteiger partial charge is 0.423 e. The van der Waals surface area contributed by atoms with Crippen LogP contribution in [-0.2, 0) is 16.3 Å². The molecule has 158 valence electrons. The molecule has 10 heteroatoms. The molecule has 1 aliphatic heterocycles. The second kappa shape index (κ2) is 6.60. The van der Waals surface area contributed by atoms with Crippen LogP contribution in [0.3, 0.4) is 0 Å². The Kier molecular flexibility index (Phi) is 4.86. The minimum atomic E-state index is -4.80. The highest BCUT2D eigenvalue weighted by molar-refractivity contribution is 7.86. The van der Waals surface area contributed by atoms with E-state index >= 15 is 0 Å². The first kappa shape index (κ1) is 21.4. The predicted octanol–water partition coefficient (Wildman–Crippen LogP) is 4.09. The summed E-state index contributed by atoms with van der Waals surface area (Å²) in [6.07, 6.45) is -3.19. The lowest BCUT2D eigenvalue weighted by atomic mass is 9.86. The summed E-state index contributed by atoms with van der Waals surface area (Å²) in [7, 11) is -4.44. The zero-order chi connectivity index (χ0) is 21.9. The number of hydrogen-bond acceptors (Lipinski definition) is 5. The summed E-state index contributed by atoms with van der Waals surface area (Å²) in [6, 6.07) is 2.74. The molecule has 0 unspecified atom stereocenters. The van der Waals surface area contributed by atoms with E-state index in [1.807, 2.05) is 32.6 Å². The summed E-state index contributed by atoms with van der Waals surface area (Å²) in [5.74, 6) is -0.751. The molecule has 0 radical (unpaired) electrons. The molecule has 0 spiro atoms. The Morgan fingerprint density at radius 3 is 2.34 bits per heavy atom. The van der Waals surface area contributed by atoms with Gasteiger partial charge in [0.05, 0.1) is 11.1 Å². The zero-order valence-electron chi connectivity index (χ0n) is 16.2. The molecule has 0 bridgehead atoms. The third-order valence-electron chi connectivity index (χ3n) is 4.77. The number of anilines is 1. The van der Waals surface area contributed by atoms with Gasteiger partial charge in [-0.2, -0.15) is 21.6 Å². The number of nitrogens with zero attached hydrogens (tertiary/aromatic N) is 1. The molecule has 0 aliphatic carbocycles. The molecule has 0 fully saturated rings. The fraction of sp³-hybridized carbons (Fsp3) is 0.421. The first-order valence-electron chi connectivity index (χ1n) is 8.76. The summed E-state index contributed by atoms with van der Waals surface area (Å²) in [5, 5.41) is -0.361. The molecule has 0 saturated heterocycles. The Labute approximate surface area is 165 Å². The number of benzene rings is 1. The van der Waals surface area contributed by atoms with Crippen LogP contribution in [0.5, 0.6) is 0 Å². The average Bonchev–Trinajstić information content (AvgIpc) is 2.48. The molecule has 1 aliphatic rings. The van der Waals surface area contributed by atoms with E-state index in [4.69, 9.17) is 4.42 Å². The van der Waals surface area contributed by atoms with Crippen LogP contribution in [0.15, 0.2) is 33.5 Å². The Morgan fingerprint density at radius 2 is 1.83 bits per heavy atom. The smallest absolute Gasteiger partial charge is 0.417 e. The van der Waals surface area contributed by atoms with Crippen LogP contribution in [-0.4, -0.2) is 30.3 Å². The van der Waals surface area contributed by atoms with Gasteiger partial charge in [-0.25, -0.2) is 4.79 Å². The van der Waals surface area contributed by atoms with Gasteiger partial charge in [0.1, 0.15) is 11.3 Å². The van der Waals surface area contributed by atoms with Crippen LogP contribution >= 0.6 is 0 Å². The van der Waals surface area contributed by atoms with E-state index < -0.39 is 38.8 Å². The van der Waals surface area contributed by atoms with Crippen LogP contribution in [0.1, 0.15) is 38.8 Å². The van der Waals surface area contributed by atoms with Gasteiger partial charge in [0.25, 0.3) is 10.1 Å². The first-order valence-corrected chi connectivity index (χ1v) is 10.4. The monoisotopic (exact) mass is 431 g/mol. The Balaban J connectivity index is 2.43. The summed E-state index contributed by atoms with van der Waals surface area (Å²) in [6.45, 7) is 7.37. The molecule has 6 nitrogen and oxygen atoms in total. The molecule has 2 aromatic rings. The third kappa shape index (κ3) is 4.04. The lowest BCUT2D eigenvalue weighted by molar-refractivity contribution is -0.136. The molecular weight excluding hydrogens is 411 g/mol. The predicted molar refractivity (Wildman–Crippen MR) is 104 cm³/mol. The fourth-order valence-corrected chi connectivity index (χ4v) is 4.66. The van der Waals surface area contributed by atoms with E-state index in [2.05, 4.69) is 0 Å². The van der Waals surface area contributed by atoms with Crippen molar-refractivity contribution in [3.63, 3.8) is 0 Å². The van der Waals surface area contributed by atoms with Crippen molar-refractivity contribution >= 4 is 32.3 Å². The molecule has 2 heterocycles. The van der Waals surface area contributed by atoms with Gasteiger partial charge in [-0.1, -0.05) is 6.08 Å². The van der Waals surface area contributed by atoms with Crippen molar-refractivity contribution < 1.29 is 30.6 Å². The van der Waals surface area contributed by atoms with Crippen molar-refractivity contribution in [2.75, 3.05) is 10.7 Å². The normalized spacial score (nSPS) is 16.9. The second-order valence-corrected chi connectivity index (χ2v) is 9.31. The van der Waals surface area contributed by atoms with Crippen LogP contribution < -0.4 is 10.5 Å². The van der Waals surface area contributed by atoms with Crippen LogP contribution in [0.25, 0.3) is 16.5 Å². The minimum Gasteiger partial charge on any atom is -0.423 e. The fourth-order valence-electron chi connectivity index (χ4n) is 4.03. The van der Waals surface area contributed by atoms with Crippen molar-refractivity contribution in [1.82, 2.24) is 0 Å².